The van der Waals surface area contributed by atoms with Gasteiger partial charge in [-0.2, -0.15) is 5.10 Å². The van der Waals surface area contributed by atoms with Crippen LogP contribution in [0.2, 0.25) is 0 Å². The first-order valence-corrected chi connectivity index (χ1v) is 7.22. The maximum absolute atomic E-state index is 9.67. The van der Waals surface area contributed by atoms with Gasteiger partial charge in [-0.3, -0.25) is 4.98 Å². The van der Waals surface area contributed by atoms with E-state index in [1.54, 1.807) is 28.2 Å². The predicted octanol–water partition coefficient (Wildman–Crippen LogP) is 2.64. The number of aromatic nitrogens is 4. The first-order valence-electron chi connectivity index (χ1n) is 6.41. The molecule has 1 N–H and O–H groups in total. The predicted molar refractivity (Wildman–Crippen MR) is 78.7 cm³/mol. The van der Waals surface area contributed by atoms with E-state index in [0.717, 1.165) is 26.9 Å². The van der Waals surface area contributed by atoms with Crippen LogP contribution in [0.3, 0.4) is 0 Å². The van der Waals surface area contributed by atoms with Crippen LogP contribution in [0.4, 0.5) is 0 Å². The molecular weight excluding hydrogens is 272 g/mol. The summed E-state index contributed by atoms with van der Waals surface area (Å²) in [4.78, 5) is 9.43. The maximum Gasteiger partial charge on any atom is 0.213 e. The molecule has 0 amide bonds. The van der Waals surface area contributed by atoms with Crippen molar-refractivity contribution in [2.45, 2.75) is 32.8 Å². The van der Waals surface area contributed by atoms with Crippen LogP contribution in [0.15, 0.2) is 24.5 Å². The summed E-state index contributed by atoms with van der Waals surface area (Å²) < 4.78 is 1.75. The third-order valence-corrected chi connectivity index (χ3v) is 4.38. The minimum absolute atomic E-state index is 0.0189. The average molecular weight is 288 g/mol. The van der Waals surface area contributed by atoms with E-state index in [9.17, 15) is 5.11 Å². The molecule has 0 fully saturated rings. The molecule has 3 rings (SSSR count). The van der Waals surface area contributed by atoms with Crippen molar-refractivity contribution in [1.82, 2.24) is 19.6 Å². The van der Waals surface area contributed by atoms with Gasteiger partial charge in [-0.15, -0.1) is 0 Å². The minimum atomic E-state index is -0.0911. The number of fused-ring (bicyclic) bond motifs is 1. The van der Waals surface area contributed by atoms with Gasteiger partial charge in [0, 0.05) is 23.4 Å². The Balaban J connectivity index is 2.19. The minimum Gasteiger partial charge on any atom is -0.390 e. The molecule has 0 atom stereocenters. The zero-order valence-electron chi connectivity index (χ0n) is 11.7. The van der Waals surface area contributed by atoms with Gasteiger partial charge >= 0.3 is 0 Å². The highest BCUT2D eigenvalue weighted by Gasteiger charge is 2.23. The number of aliphatic hydroxyl groups excluding tert-OH is 1. The van der Waals surface area contributed by atoms with E-state index in [1.165, 1.54) is 0 Å². The Morgan fingerprint density at radius 2 is 1.95 bits per heavy atom. The summed E-state index contributed by atoms with van der Waals surface area (Å²) in [5, 5.41) is 15.3. The number of imidazole rings is 1. The van der Waals surface area contributed by atoms with Crippen LogP contribution >= 0.6 is 11.3 Å². The highest BCUT2D eigenvalue weighted by molar-refractivity contribution is 7.16. The van der Waals surface area contributed by atoms with Crippen LogP contribution in [-0.2, 0) is 12.0 Å². The van der Waals surface area contributed by atoms with E-state index in [2.05, 4.69) is 35.8 Å². The van der Waals surface area contributed by atoms with E-state index in [0.29, 0.717) is 0 Å². The molecule has 0 aliphatic heterocycles. The van der Waals surface area contributed by atoms with Crippen LogP contribution in [0, 0.1) is 0 Å². The molecule has 104 valence electrons. The highest BCUT2D eigenvalue weighted by Crippen LogP contribution is 2.31. The summed E-state index contributed by atoms with van der Waals surface area (Å²) in [6, 6.07) is 3.77. The second-order valence-corrected chi connectivity index (χ2v) is 6.61. The van der Waals surface area contributed by atoms with Gasteiger partial charge < -0.3 is 5.11 Å². The molecule has 0 unspecified atom stereocenters. The molecule has 0 aliphatic carbocycles. The largest absolute Gasteiger partial charge is 0.390 e. The molecule has 0 bridgehead atoms. The van der Waals surface area contributed by atoms with Crippen LogP contribution in [0.5, 0.6) is 0 Å². The Bertz CT molecular complexity index is 740. The zero-order valence-corrected chi connectivity index (χ0v) is 12.5. The van der Waals surface area contributed by atoms with Gasteiger partial charge in [-0.1, -0.05) is 32.1 Å². The van der Waals surface area contributed by atoms with Crippen molar-refractivity contribution >= 4 is 16.3 Å². The van der Waals surface area contributed by atoms with Gasteiger partial charge in [0.1, 0.15) is 5.01 Å². The summed E-state index contributed by atoms with van der Waals surface area (Å²) in [5.41, 5.74) is 2.42. The first kappa shape index (κ1) is 13.2. The Hall–Kier alpha value is -1.79. The van der Waals surface area contributed by atoms with Crippen molar-refractivity contribution in [2.75, 3.05) is 0 Å². The SMILES string of the molecule is CC(C)(C)c1nn2c(CO)c(-c3ccncc3)nc2s1. The number of rotatable bonds is 2. The molecule has 0 radical (unpaired) electrons. The summed E-state index contributed by atoms with van der Waals surface area (Å²) in [7, 11) is 0. The Morgan fingerprint density at radius 3 is 2.55 bits per heavy atom. The van der Waals surface area contributed by atoms with E-state index in [-0.39, 0.29) is 12.0 Å². The highest BCUT2D eigenvalue weighted by atomic mass is 32.1. The molecule has 0 aliphatic rings. The third-order valence-electron chi connectivity index (χ3n) is 3.04. The van der Waals surface area contributed by atoms with Crippen molar-refractivity contribution in [3.63, 3.8) is 0 Å². The smallest absolute Gasteiger partial charge is 0.213 e. The summed E-state index contributed by atoms with van der Waals surface area (Å²) in [6.45, 7) is 6.27. The van der Waals surface area contributed by atoms with Crippen molar-refractivity contribution in [1.29, 1.82) is 0 Å². The molecule has 0 aromatic carbocycles. The molecule has 3 heterocycles. The molecule has 0 spiro atoms. The van der Waals surface area contributed by atoms with Crippen molar-refractivity contribution in [2.24, 2.45) is 0 Å². The second-order valence-electron chi connectivity index (χ2n) is 5.65. The van der Waals surface area contributed by atoms with Gasteiger partial charge in [-0.25, -0.2) is 9.50 Å². The number of hydrogen-bond donors (Lipinski definition) is 1. The van der Waals surface area contributed by atoms with Crippen molar-refractivity contribution in [3.05, 3.63) is 35.2 Å². The molecule has 5 nitrogen and oxygen atoms in total. The summed E-state index contributed by atoms with van der Waals surface area (Å²) in [6.07, 6.45) is 3.44. The van der Waals surface area contributed by atoms with E-state index in [1.807, 2.05) is 12.1 Å². The van der Waals surface area contributed by atoms with Crippen LogP contribution < -0.4 is 0 Å². The summed E-state index contributed by atoms with van der Waals surface area (Å²) >= 11 is 1.56. The van der Waals surface area contributed by atoms with Crippen molar-refractivity contribution in [3.8, 4) is 11.3 Å². The number of nitrogens with zero attached hydrogens (tertiary/aromatic N) is 4. The third kappa shape index (κ3) is 2.10. The quantitative estimate of drug-likeness (QED) is 0.787. The lowest BCUT2D eigenvalue weighted by Gasteiger charge is -2.12. The zero-order chi connectivity index (χ0) is 14.3. The van der Waals surface area contributed by atoms with Gasteiger partial charge in [0.25, 0.3) is 0 Å². The lowest BCUT2D eigenvalue weighted by atomic mass is 9.98. The second kappa shape index (κ2) is 4.64. The van der Waals surface area contributed by atoms with Crippen molar-refractivity contribution < 1.29 is 5.11 Å². The summed E-state index contributed by atoms with van der Waals surface area (Å²) in [5.74, 6) is 0. The molecule has 3 aromatic rings. The van der Waals surface area contributed by atoms with Crippen LogP contribution in [0.25, 0.3) is 16.2 Å². The fourth-order valence-electron chi connectivity index (χ4n) is 1.98. The molecule has 3 aromatic heterocycles. The monoisotopic (exact) mass is 288 g/mol. The average Bonchev–Trinajstić information content (AvgIpc) is 2.96. The van der Waals surface area contributed by atoms with Gasteiger partial charge in [0.05, 0.1) is 18.0 Å². The number of hydrogen-bond acceptors (Lipinski definition) is 5. The molecule has 20 heavy (non-hydrogen) atoms. The van der Waals surface area contributed by atoms with E-state index < -0.39 is 0 Å². The normalized spacial score (nSPS) is 12.2. The molecule has 0 saturated carbocycles. The lowest BCUT2D eigenvalue weighted by Crippen LogP contribution is -2.11. The molecule has 6 heteroatoms. The Kier molecular flexibility index (Phi) is 3.07. The Morgan fingerprint density at radius 1 is 1.25 bits per heavy atom. The lowest BCUT2D eigenvalue weighted by molar-refractivity contribution is 0.274. The van der Waals surface area contributed by atoms with Gasteiger partial charge in [0.15, 0.2) is 0 Å². The standard InChI is InChI=1S/C14H16N4OS/c1-14(2,3)12-17-18-10(8-19)11(16-13(18)20-12)9-4-6-15-7-5-9/h4-7,19H,8H2,1-3H3. The first-order chi connectivity index (χ1) is 9.50. The van der Waals surface area contributed by atoms with E-state index in [4.69, 9.17) is 0 Å². The fourth-order valence-corrected chi connectivity index (χ4v) is 2.95. The topological polar surface area (TPSA) is 63.3 Å². The molecule has 0 saturated heterocycles. The van der Waals surface area contributed by atoms with E-state index >= 15 is 0 Å². The van der Waals surface area contributed by atoms with Crippen LogP contribution in [0.1, 0.15) is 31.5 Å². The van der Waals surface area contributed by atoms with Gasteiger partial charge in [0.2, 0.25) is 4.96 Å². The number of aliphatic hydroxyl groups is 1. The molecular formula is C14H16N4OS. The maximum atomic E-state index is 9.67. The van der Waals surface area contributed by atoms with Crippen LogP contribution in [-0.4, -0.2) is 24.7 Å². The Labute approximate surface area is 120 Å². The fraction of sp³-hybridized carbons (Fsp3) is 0.357. The van der Waals surface area contributed by atoms with Gasteiger partial charge in [-0.05, 0) is 12.1 Å². The number of pyridine rings is 1.